The quantitative estimate of drug-likeness (QED) is 0.916. The number of methoxy groups -OCH3 is 1. The zero-order chi connectivity index (χ0) is 15.2. The van der Waals surface area contributed by atoms with Gasteiger partial charge in [-0.15, -0.1) is 0 Å². The Kier molecular flexibility index (Phi) is 4.77. The lowest BCUT2D eigenvalue weighted by Gasteiger charge is -2.12. The fourth-order valence-corrected chi connectivity index (χ4v) is 1.83. The van der Waals surface area contributed by atoms with Crippen LogP contribution in [0.5, 0.6) is 11.5 Å². The maximum atomic E-state index is 12.8. The van der Waals surface area contributed by atoms with Crippen molar-refractivity contribution in [3.05, 3.63) is 53.8 Å². The monoisotopic (exact) mass is 289 g/mol. The summed E-state index contributed by atoms with van der Waals surface area (Å²) in [7, 11) is 1.55. The van der Waals surface area contributed by atoms with Crippen LogP contribution in [0.25, 0.3) is 0 Å². The first-order valence-electron chi connectivity index (χ1n) is 6.51. The normalized spacial score (nSPS) is 10.0. The van der Waals surface area contributed by atoms with E-state index >= 15 is 0 Å². The van der Waals surface area contributed by atoms with Gasteiger partial charge in [0.2, 0.25) is 0 Å². The van der Waals surface area contributed by atoms with Crippen LogP contribution in [-0.2, 0) is 0 Å². The van der Waals surface area contributed by atoms with Crippen LogP contribution in [0.15, 0.2) is 42.5 Å². The second kappa shape index (κ2) is 6.74. The molecule has 0 aliphatic heterocycles. The Balaban J connectivity index is 2.17. The van der Waals surface area contributed by atoms with E-state index in [1.54, 1.807) is 25.3 Å². The molecular weight excluding hydrogens is 273 g/mol. The Bertz CT molecular complexity index is 626. The SMILES string of the molecule is CCOc1cc(NC(=O)c2ccc(F)cc2)ccc1OC. The second-order valence-corrected chi connectivity index (χ2v) is 4.26. The van der Waals surface area contributed by atoms with Gasteiger partial charge in [-0.2, -0.15) is 0 Å². The third kappa shape index (κ3) is 3.72. The molecule has 0 saturated heterocycles. The maximum Gasteiger partial charge on any atom is 0.255 e. The number of benzene rings is 2. The van der Waals surface area contributed by atoms with Crippen molar-refractivity contribution < 1.29 is 18.7 Å². The van der Waals surface area contributed by atoms with Gasteiger partial charge in [-0.3, -0.25) is 4.79 Å². The molecule has 5 heteroatoms. The lowest BCUT2D eigenvalue weighted by atomic mass is 10.2. The minimum atomic E-state index is -0.380. The summed E-state index contributed by atoms with van der Waals surface area (Å²) in [6.45, 7) is 2.36. The molecule has 0 atom stereocenters. The zero-order valence-corrected chi connectivity index (χ0v) is 11.9. The van der Waals surface area contributed by atoms with Crippen molar-refractivity contribution in [3.8, 4) is 11.5 Å². The van der Waals surface area contributed by atoms with Gasteiger partial charge in [-0.1, -0.05) is 0 Å². The minimum absolute atomic E-state index is 0.317. The van der Waals surface area contributed by atoms with E-state index in [-0.39, 0.29) is 11.7 Å². The average Bonchev–Trinajstić information content (AvgIpc) is 2.48. The average molecular weight is 289 g/mol. The number of hydrogen-bond acceptors (Lipinski definition) is 3. The van der Waals surface area contributed by atoms with E-state index in [2.05, 4.69) is 5.32 Å². The van der Waals surface area contributed by atoms with E-state index in [0.29, 0.717) is 29.4 Å². The molecule has 2 rings (SSSR count). The van der Waals surface area contributed by atoms with Gasteiger partial charge < -0.3 is 14.8 Å². The number of amides is 1. The van der Waals surface area contributed by atoms with Crippen molar-refractivity contribution in [1.29, 1.82) is 0 Å². The number of anilines is 1. The van der Waals surface area contributed by atoms with Gasteiger partial charge in [0.15, 0.2) is 11.5 Å². The lowest BCUT2D eigenvalue weighted by molar-refractivity contribution is 0.102. The van der Waals surface area contributed by atoms with E-state index < -0.39 is 0 Å². The molecule has 0 spiro atoms. The first-order valence-corrected chi connectivity index (χ1v) is 6.51. The third-order valence-electron chi connectivity index (χ3n) is 2.83. The van der Waals surface area contributed by atoms with Crippen molar-refractivity contribution in [2.24, 2.45) is 0 Å². The van der Waals surface area contributed by atoms with E-state index in [0.717, 1.165) is 0 Å². The van der Waals surface area contributed by atoms with Crippen LogP contribution < -0.4 is 14.8 Å². The number of carbonyl (C=O) groups excluding carboxylic acids is 1. The van der Waals surface area contributed by atoms with Crippen molar-refractivity contribution >= 4 is 11.6 Å². The van der Waals surface area contributed by atoms with E-state index in [1.165, 1.54) is 24.3 Å². The van der Waals surface area contributed by atoms with Gasteiger partial charge in [-0.05, 0) is 43.3 Å². The standard InChI is InChI=1S/C16H16FNO3/c1-3-21-15-10-13(8-9-14(15)20-2)18-16(19)11-4-6-12(17)7-5-11/h4-10H,3H2,1-2H3,(H,18,19). The number of carbonyl (C=O) groups is 1. The Labute approximate surface area is 122 Å². The summed E-state index contributed by atoms with van der Waals surface area (Å²) in [5.41, 5.74) is 0.957. The molecule has 0 aliphatic carbocycles. The fraction of sp³-hybridized carbons (Fsp3) is 0.188. The Morgan fingerprint density at radius 2 is 1.86 bits per heavy atom. The van der Waals surface area contributed by atoms with Gasteiger partial charge >= 0.3 is 0 Å². The van der Waals surface area contributed by atoms with Gasteiger partial charge in [-0.25, -0.2) is 4.39 Å². The highest BCUT2D eigenvalue weighted by molar-refractivity contribution is 6.04. The number of ether oxygens (including phenoxy) is 2. The summed E-state index contributed by atoms with van der Waals surface area (Å²) in [4.78, 5) is 12.0. The van der Waals surface area contributed by atoms with Crippen LogP contribution in [0.2, 0.25) is 0 Å². The molecule has 4 nitrogen and oxygen atoms in total. The molecule has 0 aliphatic rings. The van der Waals surface area contributed by atoms with Gasteiger partial charge in [0.25, 0.3) is 5.91 Å². The summed E-state index contributed by atoms with van der Waals surface area (Å²) in [5, 5.41) is 2.73. The molecule has 0 aromatic heterocycles. The molecule has 1 amide bonds. The molecule has 0 bridgehead atoms. The fourth-order valence-electron chi connectivity index (χ4n) is 1.83. The van der Waals surface area contributed by atoms with Crippen molar-refractivity contribution in [1.82, 2.24) is 0 Å². The first kappa shape index (κ1) is 14.8. The molecule has 0 radical (unpaired) electrons. The summed E-state index contributed by atoms with van der Waals surface area (Å²) < 4.78 is 23.5. The summed E-state index contributed by atoms with van der Waals surface area (Å²) in [5.74, 6) is 0.450. The van der Waals surface area contributed by atoms with Crippen molar-refractivity contribution in [3.63, 3.8) is 0 Å². The van der Waals surface area contributed by atoms with Crippen LogP contribution in [0, 0.1) is 5.82 Å². The number of hydrogen-bond donors (Lipinski definition) is 1. The van der Waals surface area contributed by atoms with Crippen LogP contribution in [0.1, 0.15) is 17.3 Å². The number of halogens is 1. The van der Waals surface area contributed by atoms with Crippen molar-refractivity contribution in [2.45, 2.75) is 6.92 Å². The topological polar surface area (TPSA) is 47.6 Å². The Hall–Kier alpha value is -2.56. The van der Waals surface area contributed by atoms with Gasteiger partial charge in [0.1, 0.15) is 5.82 Å². The molecule has 0 heterocycles. The molecule has 110 valence electrons. The Morgan fingerprint density at radius 1 is 1.14 bits per heavy atom. The lowest BCUT2D eigenvalue weighted by Crippen LogP contribution is -2.12. The highest BCUT2D eigenvalue weighted by atomic mass is 19.1. The summed E-state index contributed by atoms with van der Waals surface area (Å²) in [6, 6.07) is 10.5. The predicted octanol–water partition coefficient (Wildman–Crippen LogP) is 3.49. The molecular formula is C16H16FNO3. The molecule has 0 fully saturated rings. The molecule has 0 saturated carbocycles. The zero-order valence-electron chi connectivity index (χ0n) is 11.9. The number of rotatable bonds is 5. The molecule has 0 unspecified atom stereocenters. The Morgan fingerprint density at radius 3 is 2.48 bits per heavy atom. The highest BCUT2D eigenvalue weighted by Crippen LogP contribution is 2.30. The van der Waals surface area contributed by atoms with Gasteiger partial charge in [0, 0.05) is 17.3 Å². The van der Waals surface area contributed by atoms with Crippen LogP contribution >= 0.6 is 0 Å². The highest BCUT2D eigenvalue weighted by Gasteiger charge is 2.09. The van der Waals surface area contributed by atoms with Gasteiger partial charge in [0.05, 0.1) is 13.7 Å². The maximum absolute atomic E-state index is 12.8. The predicted molar refractivity (Wildman–Crippen MR) is 78.5 cm³/mol. The molecule has 21 heavy (non-hydrogen) atoms. The van der Waals surface area contributed by atoms with Crippen LogP contribution in [0.3, 0.4) is 0 Å². The van der Waals surface area contributed by atoms with Crippen molar-refractivity contribution in [2.75, 3.05) is 19.0 Å². The first-order chi connectivity index (χ1) is 10.1. The smallest absolute Gasteiger partial charge is 0.255 e. The minimum Gasteiger partial charge on any atom is -0.493 e. The van der Waals surface area contributed by atoms with Crippen LogP contribution in [-0.4, -0.2) is 19.6 Å². The summed E-state index contributed by atoms with van der Waals surface area (Å²) in [6.07, 6.45) is 0. The summed E-state index contributed by atoms with van der Waals surface area (Å²) >= 11 is 0. The molecule has 2 aromatic carbocycles. The third-order valence-corrected chi connectivity index (χ3v) is 2.83. The second-order valence-electron chi connectivity index (χ2n) is 4.26. The molecule has 1 N–H and O–H groups in total. The number of nitrogens with one attached hydrogen (secondary N) is 1. The van der Waals surface area contributed by atoms with E-state index in [4.69, 9.17) is 9.47 Å². The largest absolute Gasteiger partial charge is 0.493 e. The molecule has 2 aromatic rings. The van der Waals surface area contributed by atoms with E-state index in [9.17, 15) is 9.18 Å². The van der Waals surface area contributed by atoms with E-state index in [1.807, 2.05) is 6.92 Å². The van der Waals surface area contributed by atoms with Crippen LogP contribution in [0.4, 0.5) is 10.1 Å².